The summed E-state index contributed by atoms with van der Waals surface area (Å²) in [4.78, 5) is 28.1. The minimum absolute atomic E-state index is 0.0125. The van der Waals surface area contributed by atoms with Crippen LogP contribution in [0.4, 0.5) is 4.79 Å². The molecule has 1 atom stereocenters. The molecule has 0 radical (unpaired) electrons. The number of carbonyl (C=O) groups is 2. The van der Waals surface area contributed by atoms with E-state index in [1.54, 1.807) is 16.2 Å². The zero-order valence-corrected chi connectivity index (χ0v) is 13.1. The first-order valence-electron chi connectivity index (χ1n) is 7.34. The number of carbonyl (C=O) groups excluding carboxylic acids is 1. The first-order chi connectivity index (χ1) is 10.1. The van der Waals surface area contributed by atoms with Crippen molar-refractivity contribution in [3.8, 4) is 0 Å². The van der Waals surface area contributed by atoms with E-state index in [2.05, 4.69) is 0 Å². The Morgan fingerprint density at radius 3 is 2.95 bits per heavy atom. The maximum absolute atomic E-state index is 12.6. The van der Waals surface area contributed by atoms with E-state index in [-0.39, 0.29) is 18.5 Å². The minimum atomic E-state index is -0.792. The molecule has 0 saturated carbocycles. The SMILES string of the molecule is CN(Cc1cccs1)C(=O)N1CCCCC1CCC(=O)O. The number of amides is 2. The maximum Gasteiger partial charge on any atom is 0.320 e. The summed E-state index contributed by atoms with van der Waals surface area (Å²) in [6.45, 7) is 1.34. The number of hydrogen-bond acceptors (Lipinski definition) is 3. The lowest BCUT2D eigenvalue weighted by molar-refractivity contribution is -0.137. The Balaban J connectivity index is 1.95. The van der Waals surface area contributed by atoms with Crippen LogP contribution in [-0.4, -0.2) is 46.5 Å². The van der Waals surface area contributed by atoms with Crippen molar-refractivity contribution in [1.82, 2.24) is 9.80 Å². The summed E-state index contributed by atoms with van der Waals surface area (Å²) in [5.41, 5.74) is 0. The fourth-order valence-electron chi connectivity index (χ4n) is 2.77. The van der Waals surface area contributed by atoms with Crippen molar-refractivity contribution in [3.63, 3.8) is 0 Å². The van der Waals surface area contributed by atoms with Crippen LogP contribution in [0.1, 0.15) is 37.0 Å². The van der Waals surface area contributed by atoms with Crippen LogP contribution in [0.2, 0.25) is 0 Å². The van der Waals surface area contributed by atoms with Gasteiger partial charge in [0.25, 0.3) is 0 Å². The molecular formula is C15H22N2O3S. The van der Waals surface area contributed by atoms with E-state index < -0.39 is 5.97 Å². The van der Waals surface area contributed by atoms with Gasteiger partial charge < -0.3 is 14.9 Å². The Labute approximate surface area is 129 Å². The quantitative estimate of drug-likeness (QED) is 0.909. The highest BCUT2D eigenvalue weighted by molar-refractivity contribution is 7.09. The van der Waals surface area contributed by atoms with Crippen molar-refractivity contribution in [3.05, 3.63) is 22.4 Å². The number of aliphatic carboxylic acids is 1. The van der Waals surface area contributed by atoms with Gasteiger partial charge in [-0.2, -0.15) is 0 Å². The van der Waals surface area contributed by atoms with E-state index in [1.807, 2.05) is 29.5 Å². The Kier molecular flexibility index (Phi) is 5.61. The van der Waals surface area contributed by atoms with Crippen LogP contribution in [-0.2, 0) is 11.3 Å². The lowest BCUT2D eigenvalue weighted by atomic mass is 9.98. The van der Waals surface area contributed by atoms with Crippen molar-refractivity contribution >= 4 is 23.3 Å². The standard InChI is InChI=1S/C15H22N2O3S/c1-16(11-13-6-4-10-21-13)15(20)17-9-3-2-5-12(17)7-8-14(18)19/h4,6,10,12H,2-3,5,7-9,11H2,1H3,(H,18,19). The van der Waals surface area contributed by atoms with E-state index in [9.17, 15) is 9.59 Å². The topological polar surface area (TPSA) is 60.9 Å². The Hall–Kier alpha value is -1.56. The summed E-state index contributed by atoms with van der Waals surface area (Å²) in [5, 5.41) is 10.8. The molecule has 0 spiro atoms. The molecule has 1 aliphatic heterocycles. The average Bonchev–Trinajstić information content (AvgIpc) is 2.97. The van der Waals surface area contributed by atoms with E-state index in [1.165, 1.54) is 0 Å². The third-order valence-electron chi connectivity index (χ3n) is 3.86. The molecule has 0 aliphatic carbocycles. The highest BCUT2D eigenvalue weighted by atomic mass is 32.1. The van der Waals surface area contributed by atoms with Crippen molar-refractivity contribution in [2.75, 3.05) is 13.6 Å². The molecule has 1 saturated heterocycles. The van der Waals surface area contributed by atoms with Crippen molar-refractivity contribution < 1.29 is 14.7 Å². The first-order valence-corrected chi connectivity index (χ1v) is 8.22. The van der Waals surface area contributed by atoms with Gasteiger partial charge in [-0.25, -0.2) is 4.79 Å². The maximum atomic E-state index is 12.6. The van der Waals surface area contributed by atoms with E-state index in [0.29, 0.717) is 13.0 Å². The summed E-state index contributed by atoms with van der Waals surface area (Å²) in [6, 6.07) is 4.08. The number of likely N-dealkylation sites (tertiary alicyclic amines) is 1. The van der Waals surface area contributed by atoms with Crippen molar-refractivity contribution in [1.29, 1.82) is 0 Å². The average molecular weight is 310 g/mol. The van der Waals surface area contributed by atoms with Crippen LogP contribution in [0.3, 0.4) is 0 Å². The Morgan fingerprint density at radius 1 is 1.48 bits per heavy atom. The molecule has 2 rings (SSSR count). The molecule has 1 aliphatic rings. The molecule has 1 aromatic rings. The second kappa shape index (κ2) is 7.45. The molecule has 5 nitrogen and oxygen atoms in total. The van der Waals surface area contributed by atoms with Gasteiger partial charge in [-0.1, -0.05) is 6.07 Å². The lowest BCUT2D eigenvalue weighted by Crippen LogP contribution is -2.49. The number of carboxylic acid groups (broad SMARTS) is 1. The molecule has 1 N–H and O–H groups in total. The third kappa shape index (κ3) is 4.46. The highest BCUT2D eigenvalue weighted by Crippen LogP contribution is 2.23. The van der Waals surface area contributed by atoms with Gasteiger partial charge in [0, 0.05) is 30.9 Å². The smallest absolute Gasteiger partial charge is 0.320 e. The predicted molar refractivity (Wildman–Crippen MR) is 82.4 cm³/mol. The van der Waals surface area contributed by atoms with Gasteiger partial charge in [-0.05, 0) is 37.1 Å². The molecule has 116 valence electrons. The predicted octanol–water partition coefficient (Wildman–Crippen LogP) is 3.02. The molecular weight excluding hydrogens is 288 g/mol. The Bertz CT molecular complexity index is 475. The lowest BCUT2D eigenvalue weighted by Gasteiger charge is -2.38. The number of urea groups is 1. The summed E-state index contributed by atoms with van der Waals surface area (Å²) in [6.07, 6.45) is 3.66. The molecule has 2 amide bonds. The fourth-order valence-corrected chi connectivity index (χ4v) is 3.52. The summed E-state index contributed by atoms with van der Waals surface area (Å²) in [7, 11) is 1.81. The van der Waals surface area contributed by atoms with Gasteiger partial charge in [-0.15, -0.1) is 11.3 Å². The molecule has 2 heterocycles. The summed E-state index contributed by atoms with van der Waals surface area (Å²) >= 11 is 1.64. The molecule has 0 bridgehead atoms. The van der Waals surface area contributed by atoms with Crippen LogP contribution >= 0.6 is 11.3 Å². The first kappa shape index (κ1) is 15.8. The summed E-state index contributed by atoms with van der Waals surface area (Å²) < 4.78 is 0. The molecule has 1 aromatic heterocycles. The zero-order chi connectivity index (χ0) is 15.2. The van der Waals surface area contributed by atoms with Gasteiger partial charge in [0.05, 0.1) is 6.54 Å². The van der Waals surface area contributed by atoms with Crippen molar-refractivity contribution in [2.24, 2.45) is 0 Å². The molecule has 1 fully saturated rings. The number of hydrogen-bond donors (Lipinski definition) is 1. The second-order valence-corrected chi connectivity index (χ2v) is 6.53. The van der Waals surface area contributed by atoms with Crippen LogP contribution in [0.5, 0.6) is 0 Å². The number of rotatable bonds is 5. The van der Waals surface area contributed by atoms with Crippen molar-refractivity contribution in [2.45, 2.75) is 44.7 Å². The monoisotopic (exact) mass is 310 g/mol. The van der Waals surface area contributed by atoms with Gasteiger partial charge in [0.15, 0.2) is 0 Å². The number of thiophene rings is 1. The number of carboxylic acids is 1. The fraction of sp³-hybridized carbons (Fsp3) is 0.600. The van der Waals surface area contributed by atoms with Crippen LogP contribution < -0.4 is 0 Å². The summed E-state index contributed by atoms with van der Waals surface area (Å²) in [5.74, 6) is -0.792. The molecule has 0 aromatic carbocycles. The van der Waals surface area contributed by atoms with Crippen LogP contribution in [0.25, 0.3) is 0 Å². The third-order valence-corrected chi connectivity index (χ3v) is 4.73. The molecule has 6 heteroatoms. The van der Waals surface area contributed by atoms with Gasteiger partial charge in [-0.3, -0.25) is 4.79 Å². The molecule has 1 unspecified atom stereocenters. The van der Waals surface area contributed by atoms with E-state index >= 15 is 0 Å². The van der Waals surface area contributed by atoms with Crippen LogP contribution in [0, 0.1) is 0 Å². The number of nitrogens with zero attached hydrogens (tertiary/aromatic N) is 2. The van der Waals surface area contributed by atoms with Gasteiger partial charge in [0.2, 0.25) is 0 Å². The highest BCUT2D eigenvalue weighted by Gasteiger charge is 2.29. The normalized spacial score (nSPS) is 18.5. The van der Waals surface area contributed by atoms with Crippen LogP contribution in [0.15, 0.2) is 17.5 Å². The minimum Gasteiger partial charge on any atom is -0.481 e. The second-order valence-electron chi connectivity index (χ2n) is 5.49. The van der Waals surface area contributed by atoms with E-state index in [0.717, 1.165) is 30.7 Å². The van der Waals surface area contributed by atoms with Gasteiger partial charge >= 0.3 is 12.0 Å². The Morgan fingerprint density at radius 2 is 2.29 bits per heavy atom. The number of piperidine rings is 1. The largest absolute Gasteiger partial charge is 0.481 e. The molecule has 21 heavy (non-hydrogen) atoms. The zero-order valence-electron chi connectivity index (χ0n) is 12.3. The van der Waals surface area contributed by atoms with Gasteiger partial charge in [0.1, 0.15) is 0 Å². The van der Waals surface area contributed by atoms with E-state index in [4.69, 9.17) is 5.11 Å².